The van der Waals surface area contributed by atoms with Crippen LogP contribution in [0.4, 0.5) is 0 Å². The molecule has 1 fully saturated rings. The molecular weight excluding hydrogens is 297 g/mol. The molecule has 100 valence electrons. The molecule has 1 atom stereocenters. The van der Waals surface area contributed by atoms with Gasteiger partial charge in [-0.05, 0) is 25.0 Å². The summed E-state index contributed by atoms with van der Waals surface area (Å²) >= 11 is 11.8. The number of benzene rings is 1. The molecule has 1 N–H and O–H groups in total. The summed E-state index contributed by atoms with van der Waals surface area (Å²) in [6.45, 7) is 0.463. The van der Waals surface area contributed by atoms with Crippen molar-refractivity contribution < 1.29 is 13.5 Å². The Balaban J connectivity index is 2.42. The number of sulfonamides is 1. The highest BCUT2D eigenvalue weighted by molar-refractivity contribution is 7.89. The highest BCUT2D eigenvalue weighted by Crippen LogP contribution is 2.32. The summed E-state index contributed by atoms with van der Waals surface area (Å²) in [4.78, 5) is -0.0811. The SMILES string of the molecule is O=S(=O)(c1c(Cl)cccc1Cl)N1CCCC(O)C1. The van der Waals surface area contributed by atoms with Crippen molar-refractivity contribution in [3.05, 3.63) is 28.2 Å². The first-order valence-corrected chi connectivity index (χ1v) is 7.75. The van der Waals surface area contributed by atoms with Crippen LogP contribution in [0.3, 0.4) is 0 Å². The fourth-order valence-corrected chi connectivity index (χ4v) is 4.60. The van der Waals surface area contributed by atoms with Crippen LogP contribution in [-0.2, 0) is 10.0 Å². The molecule has 1 aliphatic rings. The van der Waals surface area contributed by atoms with Crippen molar-refractivity contribution >= 4 is 33.2 Å². The van der Waals surface area contributed by atoms with E-state index >= 15 is 0 Å². The van der Waals surface area contributed by atoms with Gasteiger partial charge in [-0.15, -0.1) is 0 Å². The molecule has 0 radical (unpaired) electrons. The number of hydrogen-bond acceptors (Lipinski definition) is 3. The van der Waals surface area contributed by atoms with E-state index in [0.717, 1.165) is 0 Å². The number of β-amino-alcohol motifs (C(OH)–C–C–N with tert-alkyl or cyclic N) is 1. The molecule has 0 amide bonds. The molecule has 1 heterocycles. The highest BCUT2D eigenvalue weighted by Gasteiger charge is 2.32. The van der Waals surface area contributed by atoms with Gasteiger partial charge < -0.3 is 5.11 Å². The van der Waals surface area contributed by atoms with Crippen LogP contribution in [0.5, 0.6) is 0 Å². The lowest BCUT2D eigenvalue weighted by Gasteiger charge is -2.29. The second-order valence-corrected chi connectivity index (χ2v) is 6.90. The molecular formula is C11H13Cl2NO3S. The van der Waals surface area contributed by atoms with Crippen molar-refractivity contribution in [2.45, 2.75) is 23.8 Å². The summed E-state index contributed by atoms with van der Waals surface area (Å²) in [6, 6.07) is 4.57. The molecule has 7 heteroatoms. The summed E-state index contributed by atoms with van der Waals surface area (Å²) < 4.78 is 26.1. The van der Waals surface area contributed by atoms with Gasteiger partial charge in [-0.2, -0.15) is 4.31 Å². The minimum atomic E-state index is -3.75. The van der Waals surface area contributed by atoms with Crippen molar-refractivity contribution in [2.75, 3.05) is 13.1 Å². The Morgan fingerprint density at radius 1 is 1.28 bits per heavy atom. The molecule has 0 spiro atoms. The smallest absolute Gasteiger partial charge is 0.246 e. The van der Waals surface area contributed by atoms with Crippen molar-refractivity contribution in [1.82, 2.24) is 4.31 Å². The largest absolute Gasteiger partial charge is 0.392 e. The van der Waals surface area contributed by atoms with Crippen molar-refractivity contribution in [2.24, 2.45) is 0 Å². The van der Waals surface area contributed by atoms with Crippen LogP contribution in [0.1, 0.15) is 12.8 Å². The zero-order valence-electron chi connectivity index (χ0n) is 9.51. The Morgan fingerprint density at radius 2 is 1.89 bits per heavy atom. The molecule has 0 saturated carbocycles. The fraction of sp³-hybridized carbons (Fsp3) is 0.455. The zero-order valence-corrected chi connectivity index (χ0v) is 11.8. The van der Waals surface area contributed by atoms with Crippen LogP contribution in [0.2, 0.25) is 10.0 Å². The Hall–Kier alpha value is -0.330. The van der Waals surface area contributed by atoms with E-state index in [1.165, 1.54) is 16.4 Å². The van der Waals surface area contributed by atoms with Gasteiger partial charge >= 0.3 is 0 Å². The van der Waals surface area contributed by atoms with E-state index in [1.807, 2.05) is 0 Å². The van der Waals surface area contributed by atoms with E-state index in [1.54, 1.807) is 6.07 Å². The summed E-state index contributed by atoms with van der Waals surface area (Å²) in [5.74, 6) is 0. The van der Waals surface area contributed by atoms with Crippen molar-refractivity contribution in [1.29, 1.82) is 0 Å². The van der Waals surface area contributed by atoms with Gasteiger partial charge in [-0.1, -0.05) is 29.3 Å². The monoisotopic (exact) mass is 309 g/mol. The number of rotatable bonds is 2. The van der Waals surface area contributed by atoms with Crippen LogP contribution >= 0.6 is 23.2 Å². The zero-order chi connectivity index (χ0) is 13.3. The molecule has 18 heavy (non-hydrogen) atoms. The third-order valence-electron chi connectivity index (χ3n) is 2.88. The van der Waals surface area contributed by atoms with E-state index < -0.39 is 16.1 Å². The molecule has 1 aliphatic heterocycles. The maximum absolute atomic E-state index is 12.4. The Bertz CT molecular complexity index is 527. The number of halogens is 2. The van der Waals surface area contributed by atoms with E-state index in [9.17, 15) is 13.5 Å². The van der Waals surface area contributed by atoms with Gasteiger partial charge in [0.1, 0.15) is 4.90 Å². The van der Waals surface area contributed by atoms with Gasteiger partial charge in [0.25, 0.3) is 0 Å². The van der Waals surface area contributed by atoms with Crippen LogP contribution in [0.25, 0.3) is 0 Å². The lowest BCUT2D eigenvalue weighted by Crippen LogP contribution is -2.42. The molecule has 0 aromatic heterocycles. The molecule has 1 saturated heterocycles. The van der Waals surface area contributed by atoms with E-state index in [4.69, 9.17) is 23.2 Å². The first-order valence-electron chi connectivity index (χ1n) is 5.55. The summed E-state index contributed by atoms with van der Waals surface area (Å²) in [7, 11) is -3.75. The third kappa shape index (κ3) is 2.65. The number of aliphatic hydroxyl groups is 1. The van der Waals surface area contributed by atoms with Crippen LogP contribution in [-0.4, -0.2) is 37.0 Å². The predicted octanol–water partition coefficient (Wildman–Crippen LogP) is 2.14. The van der Waals surface area contributed by atoms with Gasteiger partial charge in [0, 0.05) is 13.1 Å². The molecule has 0 bridgehead atoms. The Labute approximate surface area is 116 Å². The molecule has 4 nitrogen and oxygen atoms in total. The lowest BCUT2D eigenvalue weighted by molar-refractivity contribution is 0.108. The molecule has 0 aliphatic carbocycles. The van der Waals surface area contributed by atoms with Gasteiger partial charge in [-0.3, -0.25) is 0 Å². The quantitative estimate of drug-likeness (QED) is 0.910. The third-order valence-corrected chi connectivity index (χ3v) is 5.70. The summed E-state index contributed by atoms with van der Waals surface area (Å²) in [5.41, 5.74) is 0. The van der Waals surface area contributed by atoms with Gasteiger partial charge in [0.05, 0.1) is 16.1 Å². The van der Waals surface area contributed by atoms with Crippen molar-refractivity contribution in [3.8, 4) is 0 Å². The maximum Gasteiger partial charge on any atom is 0.246 e. The highest BCUT2D eigenvalue weighted by atomic mass is 35.5. The van der Waals surface area contributed by atoms with E-state index in [2.05, 4.69) is 0 Å². The van der Waals surface area contributed by atoms with Crippen LogP contribution in [0, 0.1) is 0 Å². The molecule has 1 aromatic carbocycles. The fourth-order valence-electron chi connectivity index (χ4n) is 2.00. The summed E-state index contributed by atoms with van der Waals surface area (Å²) in [5, 5.41) is 9.76. The average molecular weight is 310 g/mol. The van der Waals surface area contributed by atoms with Gasteiger partial charge in [0.2, 0.25) is 10.0 Å². The first kappa shape index (κ1) is 14.1. The maximum atomic E-state index is 12.4. The number of piperidine rings is 1. The lowest BCUT2D eigenvalue weighted by atomic mass is 10.1. The topological polar surface area (TPSA) is 57.6 Å². The number of hydrogen-bond donors (Lipinski definition) is 1. The normalized spacial score (nSPS) is 22.1. The average Bonchev–Trinajstić information content (AvgIpc) is 2.28. The minimum Gasteiger partial charge on any atom is -0.392 e. The summed E-state index contributed by atoms with van der Waals surface area (Å²) in [6.07, 6.45) is 0.611. The number of aliphatic hydroxyl groups excluding tert-OH is 1. The Kier molecular flexibility index (Phi) is 4.18. The molecule has 1 aromatic rings. The standard InChI is InChI=1S/C11H13Cl2NO3S/c12-9-4-1-5-10(13)11(9)18(16,17)14-6-2-3-8(15)7-14/h1,4-5,8,15H,2-3,6-7H2. The van der Waals surface area contributed by atoms with Gasteiger partial charge in [-0.25, -0.2) is 8.42 Å². The van der Waals surface area contributed by atoms with E-state index in [-0.39, 0.29) is 21.5 Å². The second kappa shape index (κ2) is 5.35. The minimum absolute atomic E-state index is 0.0811. The van der Waals surface area contributed by atoms with Crippen LogP contribution < -0.4 is 0 Å². The first-order chi connectivity index (χ1) is 8.43. The van der Waals surface area contributed by atoms with Gasteiger partial charge in [0.15, 0.2) is 0 Å². The molecule has 2 rings (SSSR count). The number of nitrogens with zero attached hydrogens (tertiary/aromatic N) is 1. The van der Waals surface area contributed by atoms with Crippen LogP contribution in [0.15, 0.2) is 23.1 Å². The Morgan fingerprint density at radius 3 is 2.44 bits per heavy atom. The molecule has 1 unspecified atom stereocenters. The van der Waals surface area contributed by atoms with E-state index in [0.29, 0.717) is 19.4 Å². The predicted molar refractivity (Wildman–Crippen MR) is 70.5 cm³/mol. The second-order valence-electron chi connectivity index (χ2n) is 4.21. The van der Waals surface area contributed by atoms with Crippen molar-refractivity contribution in [3.63, 3.8) is 0 Å².